The van der Waals surface area contributed by atoms with Crippen molar-refractivity contribution in [1.29, 1.82) is 0 Å². The quantitative estimate of drug-likeness (QED) is 0.587. The van der Waals surface area contributed by atoms with Crippen LogP contribution in [0.4, 0.5) is 0 Å². The molecule has 3 nitrogen and oxygen atoms in total. The fourth-order valence-corrected chi connectivity index (χ4v) is 1.50. The normalized spacial score (nSPS) is 22.8. The number of amides is 1. The van der Waals surface area contributed by atoms with E-state index in [0.29, 0.717) is 13.0 Å². The summed E-state index contributed by atoms with van der Waals surface area (Å²) < 4.78 is 0. The molecule has 0 saturated carbocycles. The highest BCUT2D eigenvalue weighted by Crippen LogP contribution is 2.14. The standard InChI is InChI=1S/C9H15NO2/c1-2-3-9(12)10-5-4-8(6-10)7-11/h7-8H,2-6H2,1H3. The van der Waals surface area contributed by atoms with Crippen LogP contribution in [0, 0.1) is 5.92 Å². The van der Waals surface area contributed by atoms with Crippen LogP contribution in [0.2, 0.25) is 0 Å². The molecule has 1 aliphatic rings. The van der Waals surface area contributed by atoms with Gasteiger partial charge in [-0.15, -0.1) is 0 Å². The zero-order chi connectivity index (χ0) is 8.97. The fourth-order valence-electron chi connectivity index (χ4n) is 1.50. The first-order chi connectivity index (χ1) is 5.77. The summed E-state index contributed by atoms with van der Waals surface area (Å²) in [6.45, 7) is 3.40. The van der Waals surface area contributed by atoms with E-state index in [2.05, 4.69) is 0 Å². The van der Waals surface area contributed by atoms with Crippen LogP contribution in [-0.4, -0.2) is 30.2 Å². The van der Waals surface area contributed by atoms with E-state index in [1.54, 1.807) is 4.90 Å². The van der Waals surface area contributed by atoms with E-state index in [4.69, 9.17) is 0 Å². The molecule has 1 saturated heterocycles. The van der Waals surface area contributed by atoms with E-state index >= 15 is 0 Å². The summed E-state index contributed by atoms with van der Waals surface area (Å²) in [5.74, 6) is 0.285. The third-order valence-corrected chi connectivity index (χ3v) is 2.23. The molecule has 0 aliphatic carbocycles. The maximum absolute atomic E-state index is 11.3. The summed E-state index contributed by atoms with van der Waals surface area (Å²) in [6, 6.07) is 0. The maximum atomic E-state index is 11.3. The molecule has 1 atom stereocenters. The molecular weight excluding hydrogens is 154 g/mol. The number of rotatable bonds is 3. The molecule has 1 unspecified atom stereocenters. The number of hydrogen-bond donors (Lipinski definition) is 0. The Bertz CT molecular complexity index is 179. The van der Waals surface area contributed by atoms with E-state index in [1.807, 2.05) is 6.92 Å². The third kappa shape index (κ3) is 2.06. The average Bonchev–Trinajstić information content (AvgIpc) is 2.52. The van der Waals surface area contributed by atoms with Crippen LogP contribution < -0.4 is 0 Å². The van der Waals surface area contributed by atoms with Gasteiger partial charge in [-0.2, -0.15) is 0 Å². The zero-order valence-corrected chi connectivity index (χ0v) is 7.45. The van der Waals surface area contributed by atoms with Crippen molar-refractivity contribution in [1.82, 2.24) is 4.90 Å². The molecule has 1 heterocycles. The highest BCUT2D eigenvalue weighted by Gasteiger charge is 2.24. The lowest BCUT2D eigenvalue weighted by Crippen LogP contribution is -2.28. The van der Waals surface area contributed by atoms with Crippen LogP contribution >= 0.6 is 0 Å². The first-order valence-electron chi connectivity index (χ1n) is 4.51. The Kier molecular flexibility index (Phi) is 3.26. The first kappa shape index (κ1) is 9.23. The molecule has 1 aliphatic heterocycles. The Labute approximate surface area is 72.7 Å². The van der Waals surface area contributed by atoms with E-state index in [-0.39, 0.29) is 11.8 Å². The minimum absolute atomic E-state index is 0.0887. The van der Waals surface area contributed by atoms with Gasteiger partial charge in [0, 0.05) is 25.4 Å². The molecule has 12 heavy (non-hydrogen) atoms. The summed E-state index contributed by atoms with van der Waals surface area (Å²) in [5, 5.41) is 0. The van der Waals surface area contributed by atoms with Crippen LogP contribution in [0.15, 0.2) is 0 Å². The van der Waals surface area contributed by atoms with E-state index in [1.165, 1.54) is 0 Å². The van der Waals surface area contributed by atoms with Gasteiger partial charge >= 0.3 is 0 Å². The molecule has 3 heteroatoms. The zero-order valence-electron chi connectivity index (χ0n) is 7.45. The monoisotopic (exact) mass is 169 g/mol. The van der Waals surface area contributed by atoms with Gasteiger partial charge in [-0.1, -0.05) is 6.92 Å². The van der Waals surface area contributed by atoms with Crippen LogP contribution in [-0.2, 0) is 9.59 Å². The summed E-state index contributed by atoms with van der Waals surface area (Å²) in [6.07, 6.45) is 3.31. The number of hydrogen-bond acceptors (Lipinski definition) is 2. The molecule has 0 aromatic carbocycles. The molecule has 68 valence electrons. The number of nitrogens with zero attached hydrogens (tertiary/aromatic N) is 1. The van der Waals surface area contributed by atoms with Crippen molar-refractivity contribution in [3.8, 4) is 0 Å². The highest BCUT2D eigenvalue weighted by atomic mass is 16.2. The van der Waals surface area contributed by atoms with Crippen molar-refractivity contribution in [2.24, 2.45) is 5.92 Å². The molecule has 0 spiro atoms. The van der Waals surface area contributed by atoms with Gasteiger partial charge in [0.15, 0.2) is 0 Å². The molecule has 1 amide bonds. The van der Waals surface area contributed by atoms with Crippen molar-refractivity contribution in [2.75, 3.05) is 13.1 Å². The van der Waals surface area contributed by atoms with Crippen molar-refractivity contribution >= 4 is 12.2 Å². The lowest BCUT2D eigenvalue weighted by Gasteiger charge is -2.14. The van der Waals surface area contributed by atoms with Gasteiger partial charge in [0.2, 0.25) is 5.91 Å². The van der Waals surface area contributed by atoms with E-state index in [9.17, 15) is 9.59 Å². The number of likely N-dealkylation sites (tertiary alicyclic amines) is 1. The molecule has 0 radical (unpaired) electrons. The summed E-state index contributed by atoms with van der Waals surface area (Å²) in [4.78, 5) is 23.5. The van der Waals surface area contributed by atoms with Crippen LogP contribution in [0.3, 0.4) is 0 Å². The molecule has 0 N–H and O–H groups in total. The van der Waals surface area contributed by atoms with Crippen molar-refractivity contribution in [2.45, 2.75) is 26.2 Å². The second-order valence-corrected chi connectivity index (χ2v) is 3.27. The molecule has 0 aromatic rings. The Morgan fingerprint density at radius 1 is 1.67 bits per heavy atom. The second kappa shape index (κ2) is 4.24. The molecule has 0 aromatic heterocycles. The van der Waals surface area contributed by atoms with Crippen molar-refractivity contribution < 1.29 is 9.59 Å². The second-order valence-electron chi connectivity index (χ2n) is 3.27. The lowest BCUT2D eigenvalue weighted by atomic mass is 10.1. The summed E-state index contributed by atoms with van der Waals surface area (Å²) in [7, 11) is 0. The number of carbonyl (C=O) groups excluding carboxylic acids is 2. The van der Waals surface area contributed by atoms with Crippen molar-refractivity contribution in [3.63, 3.8) is 0 Å². The predicted octanol–water partition coefficient (Wildman–Crippen LogP) is 0.834. The SMILES string of the molecule is CCCC(=O)N1CCC(C=O)C1. The molecule has 0 bridgehead atoms. The Morgan fingerprint density at radius 2 is 2.42 bits per heavy atom. The van der Waals surface area contributed by atoms with Gasteiger partial charge in [0.05, 0.1) is 0 Å². The molecule has 1 rings (SSSR count). The van der Waals surface area contributed by atoms with E-state index < -0.39 is 0 Å². The fraction of sp³-hybridized carbons (Fsp3) is 0.778. The Morgan fingerprint density at radius 3 is 2.92 bits per heavy atom. The largest absolute Gasteiger partial charge is 0.342 e. The Balaban J connectivity index is 2.35. The lowest BCUT2D eigenvalue weighted by molar-refractivity contribution is -0.130. The maximum Gasteiger partial charge on any atom is 0.222 e. The minimum Gasteiger partial charge on any atom is -0.342 e. The number of carbonyl (C=O) groups is 2. The first-order valence-corrected chi connectivity index (χ1v) is 4.51. The topological polar surface area (TPSA) is 37.4 Å². The Hall–Kier alpha value is -0.860. The van der Waals surface area contributed by atoms with Gasteiger partial charge in [0.25, 0.3) is 0 Å². The molecule has 1 fully saturated rings. The van der Waals surface area contributed by atoms with Gasteiger partial charge in [-0.25, -0.2) is 0 Å². The predicted molar refractivity (Wildman–Crippen MR) is 45.7 cm³/mol. The van der Waals surface area contributed by atoms with Crippen LogP contribution in [0.5, 0.6) is 0 Å². The number of aldehydes is 1. The van der Waals surface area contributed by atoms with Crippen LogP contribution in [0.1, 0.15) is 26.2 Å². The highest BCUT2D eigenvalue weighted by molar-refractivity contribution is 5.77. The minimum atomic E-state index is 0.0887. The van der Waals surface area contributed by atoms with Crippen molar-refractivity contribution in [3.05, 3.63) is 0 Å². The van der Waals surface area contributed by atoms with Gasteiger partial charge in [0.1, 0.15) is 6.29 Å². The summed E-state index contributed by atoms with van der Waals surface area (Å²) in [5.41, 5.74) is 0. The van der Waals surface area contributed by atoms with E-state index in [0.717, 1.165) is 25.7 Å². The summed E-state index contributed by atoms with van der Waals surface area (Å²) >= 11 is 0. The average molecular weight is 169 g/mol. The van der Waals surface area contributed by atoms with Gasteiger partial charge in [-0.05, 0) is 12.8 Å². The van der Waals surface area contributed by atoms with Gasteiger partial charge < -0.3 is 9.69 Å². The smallest absolute Gasteiger partial charge is 0.222 e. The third-order valence-electron chi connectivity index (χ3n) is 2.23. The van der Waals surface area contributed by atoms with Gasteiger partial charge in [-0.3, -0.25) is 4.79 Å². The molecular formula is C9H15NO2. The van der Waals surface area contributed by atoms with Crippen LogP contribution in [0.25, 0.3) is 0 Å².